The summed E-state index contributed by atoms with van der Waals surface area (Å²) in [5.74, 6) is 2.22. The summed E-state index contributed by atoms with van der Waals surface area (Å²) in [7, 11) is 0. The van der Waals surface area contributed by atoms with Gasteiger partial charge in [-0.25, -0.2) is 4.99 Å². The number of rotatable bonds is 3. The zero-order valence-electron chi connectivity index (χ0n) is 12.7. The molecule has 0 radical (unpaired) electrons. The minimum absolute atomic E-state index is 0.307. The van der Waals surface area contributed by atoms with Crippen LogP contribution in [0.25, 0.3) is 0 Å². The van der Waals surface area contributed by atoms with Gasteiger partial charge in [0, 0.05) is 30.1 Å². The van der Waals surface area contributed by atoms with E-state index in [1.807, 2.05) is 17.8 Å². The van der Waals surface area contributed by atoms with Crippen LogP contribution in [-0.2, 0) is 6.54 Å². The first-order valence-electron chi connectivity index (χ1n) is 7.32. The van der Waals surface area contributed by atoms with Crippen LogP contribution in [0.3, 0.4) is 0 Å². The summed E-state index contributed by atoms with van der Waals surface area (Å²) < 4.78 is 0.307. The Kier molecular flexibility index (Phi) is 5.35. The van der Waals surface area contributed by atoms with Gasteiger partial charge in [0.15, 0.2) is 5.96 Å². The van der Waals surface area contributed by atoms with Crippen molar-refractivity contribution in [1.29, 1.82) is 0 Å². The van der Waals surface area contributed by atoms with E-state index in [9.17, 15) is 0 Å². The van der Waals surface area contributed by atoms with Crippen molar-refractivity contribution in [3.05, 3.63) is 35.9 Å². The average Bonchev–Trinajstić information content (AvgIpc) is 2.43. The second-order valence-corrected chi connectivity index (χ2v) is 7.49. The lowest BCUT2D eigenvalue weighted by Gasteiger charge is -2.39. The van der Waals surface area contributed by atoms with E-state index in [0.29, 0.717) is 4.75 Å². The molecule has 3 nitrogen and oxygen atoms in total. The minimum Gasteiger partial charge on any atom is -0.357 e. The number of guanidine groups is 1. The van der Waals surface area contributed by atoms with Crippen LogP contribution in [0.1, 0.15) is 26.3 Å². The Morgan fingerprint density at radius 3 is 2.75 bits per heavy atom. The number of benzene rings is 1. The lowest BCUT2D eigenvalue weighted by Crippen LogP contribution is -2.50. The Labute approximate surface area is 126 Å². The van der Waals surface area contributed by atoms with Crippen LogP contribution in [0, 0.1) is 0 Å². The number of aliphatic imine (C=N–C) groups is 1. The lowest BCUT2D eigenvalue weighted by atomic mass is 10.2. The van der Waals surface area contributed by atoms with E-state index >= 15 is 0 Å². The summed E-state index contributed by atoms with van der Waals surface area (Å²) in [6.45, 7) is 10.5. The molecule has 0 spiro atoms. The molecule has 1 aliphatic rings. The monoisotopic (exact) mass is 291 g/mol. The molecule has 4 heteroatoms. The van der Waals surface area contributed by atoms with Crippen molar-refractivity contribution in [1.82, 2.24) is 10.2 Å². The third-order valence-corrected chi connectivity index (χ3v) is 4.61. The maximum Gasteiger partial charge on any atom is 0.194 e. The van der Waals surface area contributed by atoms with Crippen molar-refractivity contribution in [2.75, 3.05) is 25.4 Å². The van der Waals surface area contributed by atoms with Gasteiger partial charge in [0.25, 0.3) is 0 Å². The van der Waals surface area contributed by atoms with Crippen molar-refractivity contribution in [3.8, 4) is 0 Å². The summed E-state index contributed by atoms with van der Waals surface area (Å²) in [4.78, 5) is 7.19. The van der Waals surface area contributed by atoms with Crippen molar-refractivity contribution < 1.29 is 0 Å². The van der Waals surface area contributed by atoms with E-state index in [1.165, 1.54) is 11.3 Å². The minimum atomic E-state index is 0.307. The molecule has 0 atom stereocenters. The lowest BCUT2D eigenvalue weighted by molar-refractivity contribution is 0.376. The SMILES string of the molecule is CCNC(=NCc1ccccc1)N1CCSC(C)(C)C1. The van der Waals surface area contributed by atoms with Crippen LogP contribution >= 0.6 is 11.8 Å². The fraction of sp³-hybridized carbons (Fsp3) is 0.562. The molecular formula is C16H25N3S. The third kappa shape index (κ3) is 4.44. The van der Waals surface area contributed by atoms with Crippen LogP contribution in [0.15, 0.2) is 35.3 Å². The molecular weight excluding hydrogens is 266 g/mol. The van der Waals surface area contributed by atoms with E-state index < -0.39 is 0 Å². The van der Waals surface area contributed by atoms with Crippen LogP contribution in [0.5, 0.6) is 0 Å². The molecule has 1 N–H and O–H groups in total. The molecule has 0 aliphatic carbocycles. The highest BCUT2D eigenvalue weighted by Crippen LogP contribution is 2.29. The van der Waals surface area contributed by atoms with E-state index in [2.05, 4.69) is 55.3 Å². The van der Waals surface area contributed by atoms with Gasteiger partial charge >= 0.3 is 0 Å². The predicted molar refractivity (Wildman–Crippen MR) is 89.4 cm³/mol. The van der Waals surface area contributed by atoms with Crippen molar-refractivity contribution in [2.24, 2.45) is 4.99 Å². The quantitative estimate of drug-likeness (QED) is 0.685. The molecule has 110 valence electrons. The molecule has 0 unspecified atom stereocenters. The molecule has 0 aromatic heterocycles. The Hall–Kier alpha value is -1.16. The van der Waals surface area contributed by atoms with E-state index in [1.54, 1.807) is 0 Å². The summed E-state index contributed by atoms with van der Waals surface area (Å²) in [5.41, 5.74) is 1.26. The summed E-state index contributed by atoms with van der Waals surface area (Å²) >= 11 is 2.05. The van der Waals surface area contributed by atoms with Gasteiger partial charge < -0.3 is 10.2 Å². The number of hydrogen-bond donors (Lipinski definition) is 1. The van der Waals surface area contributed by atoms with Crippen LogP contribution in [-0.4, -0.2) is 41.0 Å². The van der Waals surface area contributed by atoms with Gasteiger partial charge in [-0.3, -0.25) is 0 Å². The fourth-order valence-electron chi connectivity index (χ4n) is 2.37. The molecule has 1 aromatic rings. The number of nitrogens with one attached hydrogen (secondary N) is 1. The van der Waals surface area contributed by atoms with E-state index in [4.69, 9.17) is 4.99 Å². The molecule has 0 bridgehead atoms. The van der Waals surface area contributed by atoms with Crippen LogP contribution < -0.4 is 5.32 Å². The van der Waals surface area contributed by atoms with Crippen LogP contribution in [0.4, 0.5) is 0 Å². The van der Waals surface area contributed by atoms with Gasteiger partial charge in [0.05, 0.1) is 6.54 Å². The third-order valence-electron chi connectivity index (χ3n) is 3.31. The van der Waals surface area contributed by atoms with Crippen molar-refractivity contribution in [3.63, 3.8) is 0 Å². The molecule has 1 aliphatic heterocycles. The van der Waals surface area contributed by atoms with Gasteiger partial charge in [-0.2, -0.15) is 11.8 Å². The standard InChI is InChI=1S/C16H25N3S/c1-4-17-15(18-12-14-8-6-5-7-9-14)19-10-11-20-16(2,3)13-19/h5-9H,4,10-13H2,1-3H3,(H,17,18). The number of thioether (sulfide) groups is 1. The van der Waals surface area contributed by atoms with Crippen molar-refractivity contribution >= 4 is 17.7 Å². The summed E-state index contributed by atoms with van der Waals surface area (Å²) in [5, 5.41) is 3.43. The fourth-order valence-corrected chi connectivity index (χ4v) is 3.48. The predicted octanol–water partition coefficient (Wildman–Crippen LogP) is 2.98. The molecule has 1 saturated heterocycles. The topological polar surface area (TPSA) is 27.6 Å². The molecule has 1 fully saturated rings. The van der Waals surface area contributed by atoms with Crippen LogP contribution in [0.2, 0.25) is 0 Å². The molecule has 1 aromatic carbocycles. The smallest absolute Gasteiger partial charge is 0.194 e. The summed E-state index contributed by atoms with van der Waals surface area (Å²) in [6.07, 6.45) is 0. The second-order valence-electron chi connectivity index (χ2n) is 5.69. The molecule has 20 heavy (non-hydrogen) atoms. The summed E-state index contributed by atoms with van der Waals surface area (Å²) in [6, 6.07) is 10.4. The maximum absolute atomic E-state index is 4.80. The highest BCUT2D eigenvalue weighted by atomic mass is 32.2. The van der Waals surface area contributed by atoms with Gasteiger partial charge in [0.1, 0.15) is 0 Å². The van der Waals surface area contributed by atoms with Gasteiger partial charge in [-0.1, -0.05) is 30.3 Å². The molecule has 2 rings (SSSR count). The number of hydrogen-bond acceptors (Lipinski definition) is 2. The molecule has 0 amide bonds. The van der Waals surface area contributed by atoms with Crippen molar-refractivity contribution in [2.45, 2.75) is 32.1 Å². The average molecular weight is 291 g/mol. The highest BCUT2D eigenvalue weighted by Gasteiger charge is 2.28. The zero-order chi connectivity index (χ0) is 14.4. The first-order chi connectivity index (χ1) is 9.61. The Morgan fingerprint density at radius 2 is 2.10 bits per heavy atom. The Bertz CT molecular complexity index is 442. The largest absolute Gasteiger partial charge is 0.357 e. The van der Waals surface area contributed by atoms with Gasteiger partial charge in [-0.15, -0.1) is 0 Å². The second kappa shape index (κ2) is 7.02. The van der Waals surface area contributed by atoms with E-state index in [-0.39, 0.29) is 0 Å². The number of nitrogens with zero attached hydrogens (tertiary/aromatic N) is 2. The Balaban J connectivity index is 2.06. The first-order valence-corrected chi connectivity index (χ1v) is 8.30. The Morgan fingerprint density at radius 1 is 1.35 bits per heavy atom. The van der Waals surface area contributed by atoms with E-state index in [0.717, 1.165) is 32.1 Å². The molecule has 1 heterocycles. The van der Waals surface area contributed by atoms with Gasteiger partial charge in [-0.05, 0) is 26.3 Å². The molecule has 0 saturated carbocycles. The maximum atomic E-state index is 4.80. The first kappa shape index (κ1) is 15.2. The van der Waals surface area contributed by atoms with Gasteiger partial charge in [0.2, 0.25) is 0 Å². The normalized spacial score (nSPS) is 18.9. The highest BCUT2D eigenvalue weighted by molar-refractivity contribution is 8.00. The zero-order valence-corrected chi connectivity index (χ0v) is 13.5.